The van der Waals surface area contributed by atoms with E-state index in [-0.39, 0.29) is 12.8 Å². The van der Waals surface area contributed by atoms with Crippen LogP contribution in [0.25, 0.3) is 0 Å². The Morgan fingerprint density at radius 2 is 1.48 bits per heavy atom. The summed E-state index contributed by atoms with van der Waals surface area (Å²) in [5.41, 5.74) is 0. The maximum Gasteiger partial charge on any atom is 0.320 e. The largest absolute Gasteiger partial charge is 0.481 e. The van der Waals surface area contributed by atoms with Crippen LogP contribution in [0.4, 0.5) is 0 Å². The fourth-order valence-corrected chi connectivity index (χ4v) is 3.28. The van der Waals surface area contributed by atoms with Gasteiger partial charge in [-0.1, -0.05) is 0 Å². The third kappa shape index (κ3) is 6.37. The molecule has 12 heteroatoms. The van der Waals surface area contributed by atoms with E-state index in [1.54, 1.807) is 0 Å². The SMILES string of the molecule is O=C(O)CC[C@H]1[C@@H](O)[C@@H](NCC(=O)O)[C@@H](O)[C@@H](NC(CCO)C(=O)O)[C@H]1O. The van der Waals surface area contributed by atoms with Gasteiger partial charge in [0.2, 0.25) is 0 Å². The Morgan fingerprint density at radius 1 is 0.889 bits per heavy atom. The zero-order valence-corrected chi connectivity index (χ0v) is 14.4. The lowest BCUT2D eigenvalue weighted by Crippen LogP contribution is -2.70. The van der Waals surface area contributed by atoms with Gasteiger partial charge in [-0.05, 0) is 12.8 Å². The van der Waals surface area contributed by atoms with Crippen LogP contribution in [0, 0.1) is 5.92 Å². The molecule has 0 aromatic heterocycles. The average molecular weight is 394 g/mol. The first-order valence-corrected chi connectivity index (χ1v) is 8.41. The van der Waals surface area contributed by atoms with E-state index >= 15 is 0 Å². The maximum absolute atomic E-state index is 11.3. The third-order valence-electron chi connectivity index (χ3n) is 4.64. The van der Waals surface area contributed by atoms with Crippen LogP contribution in [0.3, 0.4) is 0 Å². The van der Waals surface area contributed by atoms with Crippen molar-refractivity contribution in [3.8, 4) is 0 Å². The molecule has 27 heavy (non-hydrogen) atoms. The zero-order valence-electron chi connectivity index (χ0n) is 14.4. The second-order valence-corrected chi connectivity index (χ2v) is 6.46. The molecule has 0 aromatic carbocycles. The van der Waals surface area contributed by atoms with Gasteiger partial charge in [0.15, 0.2) is 0 Å². The second kappa shape index (κ2) is 10.5. The topological polar surface area (TPSA) is 217 Å². The van der Waals surface area contributed by atoms with Gasteiger partial charge >= 0.3 is 17.9 Å². The highest BCUT2D eigenvalue weighted by molar-refractivity contribution is 5.73. The van der Waals surface area contributed by atoms with Gasteiger partial charge in [-0.25, -0.2) is 0 Å². The van der Waals surface area contributed by atoms with Gasteiger partial charge in [0.25, 0.3) is 0 Å². The van der Waals surface area contributed by atoms with Gasteiger partial charge in [-0.2, -0.15) is 0 Å². The fourth-order valence-electron chi connectivity index (χ4n) is 3.28. The van der Waals surface area contributed by atoms with Crippen LogP contribution < -0.4 is 10.6 Å². The Labute approximate surface area is 154 Å². The van der Waals surface area contributed by atoms with Crippen molar-refractivity contribution in [1.82, 2.24) is 10.6 Å². The number of hydrogen-bond donors (Lipinski definition) is 9. The van der Waals surface area contributed by atoms with Crippen molar-refractivity contribution in [1.29, 1.82) is 0 Å². The zero-order chi connectivity index (χ0) is 20.7. The van der Waals surface area contributed by atoms with Gasteiger partial charge < -0.3 is 35.7 Å². The number of aliphatic carboxylic acids is 3. The summed E-state index contributed by atoms with van der Waals surface area (Å²) >= 11 is 0. The smallest absolute Gasteiger partial charge is 0.320 e. The monoisotopic (exact) mass is 394 g/mol. The van der Waals surface area contributed by atoms with Crippen molar-refractivity contribution >= 4 is 17.9 Å². The van der Waals surface area contributed by atoms with E-state index in [1.165, 1.54) is 0 Å². The molecule has 1 aliphatic rings. The molecule has 0 spiro atoms. The summed E-state index contributed by atoms with van der Waals surface area (Å²) in [6.07, 6.45) is -5.33. The number of carboxylic acid groups (broad SMARTS) is 3. The Bertz CT molecular complexity index is 499. The normalized spacial score (nSPS) is 32.0. The highest BCUT2D eigenvalue weighted by atomic mass is 16.4. The van der Waals surface area contributed by atoms with Gasteiger partial charge in [0.05, 0.1) is 36.9 Å². The lowest BCUT2D eigenvalue weighted by atomic mass is 9.73. The molecule has 0 amide bonds. The molecule has 1 rings (SSSR count). The summed E-state index contributed by atoms with van der Waals surface area (Å²) in [4.78, 5) is 32.9. The predicted octanol–water partition coefficient (Wildman–Crippen LogP) is -3.60. The summed E-state index contributed by atoms with van der Waals surface area (Å²) in [6, 6.07) is -3.87. The molecular weight excluding hydrogens is 368 g/mol. The Kier molecular flexibility index (Phi) is 9.02. The van der Waals surface area contributed by atoms with E-state index in [9.17, 15) is 34.8 Å². The molecule has 0 saturated heterocycles. The van der Waals surface area contributed by atoms with Crippen molar-refractivity contribution in [3.05, 3.63) is 0 Å². The first-order valence-electron chi connectivity index (χ1n) is 8.41. The Hall–Kier alpha value is -1.83. The number of nitrogens with one attached hydrogen (secondary N) is 2. The standard InChI is InChI=1S/C15H26N2O10/c18-4-3-7(15(26)27)17-11-13(24)6(1-2-8(19)20)12(23)10(14(11)25)16-5-9(21)22/h6-7,10-14,16-18,23-25H,1-5H2,(H,19,20)(H,21,22)(H,26,27)/t6-,7?,10+,11-,12+,13-,14+/m0/s1. The summed E-state index contributed by atoms with van der Waals surface area (Å²) < 4.78 is 0. The Morgan fingerprint density at radius 3 is 1.96 bits per heavy atom. The molecule has 156 valence electrons. The first kappa shape index (κ1) is 23.2. The van der Waals surface area contributed by atoms with Gasteiger partial charge in [0, 0.05) is 18.9 Å². The minimum atomic E-state index is -1.57. The van der Waals surface area contributed by atoms with E-state index in [1.807, 2.05) is 0 Å². The number of carbonyl (C=O) groups is 3. The minimum absolute atomic E-state index is 0.175. The first-order chi connectivity index (χ1) is 12.6. The van der Waals surface area contributed by atoms with E-state index in [4.69, 9.17) is 15.3 Å². The van der Waals surface area contributed by atoms with Gasteiger partial charge in [0.1, 0.15) is 6.04 Å². The van der Waals surface area contributed by atoms with Crippen molar-refractivity contribution < 1.29 is 50.1 Å². The van der Waals surface area contributed by atoms with Crippen LogP contribution in [0.15, 0.2) is 0 Å². The van der Waals surface area contributed by atoms with E-state index in [0.717, 1.165) is 0 Å². The number of rotatable bonds is 11. The molecule has 1 fully saturated rings. The van der Waals surface area contributed by atoms with Crippen LogP contribution in [0.5, 0.6) is 0 Å². The minimum Gasteiger partial charge on any atom is -0.481 e. The van der Waals surface area contributed by atoms with Crippen LogP contribution >= 0.6 is 0 Å². The highest BCUT2D eigenvalue weighted by Gasteiger charge is 2.49. The lowest BCUT2D eigenvalue weighted by Gasteiger charge is -2.47. The number of aliphatic hydroxyl groups is 4. The van der Waals surface area contributed by atoms with Crippen LogP contribution in [-0.2, 0) is 14.4 Å². The van der Waals surface area contributed by atoms with E-state index in [2.05, 4.69) is 10.6 Å². The average Bonchev–Trinajstić information content (AvgIpc) is 2.56. The summed E-state index contributed by atoms with van der Waals surface area (Å²) in [5.74, 6) is -4.84. The molecule has 0 radical (unpaired) electrons. The molecule has 0 bridgehead atoms. The molecular formula is C15H26N2O10. The fraction of sp³-hybridized carbons (Fsp3) is 0.800. The predicted molar refractivity (Wildman–Crippen MR) is 87.9 cm³/mol. The summed E-state index contributed by atoms with van der Waals surface area (Å²) in [7, 11) is 0. The van der Waals surface area contributed by atoms with Crippen molar-refractivity contribution in [2.75, 3.05) is 13.2 Å². The van der Waals surface area contributed by atoms with Crippen LogP contribution in [-0.4, -0.2) is 103 Å². The quantitative estimate of drug-likeness (QED) is 0.166. The van der Waals surface area contributed by atoms with Crippen LogP contribution in [0.2, 0.25) is 0 Å². The lowest BCUT2D eigenvalue weighted by molar-refractivity contribution is -0.145. The number of aliphatic hydroxyl groups excluding tert-OH is 4. The molecule has 0 aromatic rings. The van der Waals surface area contributed by atoms with Gasteiger partial charge in [-0.3, -0.25) is 25.0 Å². The molecule has 1 saturated carbocycles. The van der Waals surface area contributed by atoms with E-state index in [0.29, 0.717) is 0 Å². The van der Waals surface area contributed by atoms with Crippen LogP contribution in [0.1, 0.15) is 19.3 Å². The van der Waals surface area contributed by atoms with E-state index < -0.39 is 79.8 Å². The number of hydrogen-bond acceptors (Lipinski definition) is 9. The van der Waals surface area contributed by atoms with Gasteiger partial charge in [-0.15, -0.1) is 0 Å². The highest BCUT2D eigenvalue weighted by Crippen LogP contribution is 2.30. The summed E-state index contributed by atoms with van der Waals surface area (Å²) in [6.45, 7) is -1.10. The van der Waals surface area contributed by atoms with Crippen molar-refractivity contribution in [2.45, 2.75) is 55.7 Å². The molecule has 9 N–H and O–H groups in total. The number of carboxylic acids is 3. The van der Waals surface area contributed by atoms with Crippen molar-refractivity contribution in [2.24, 2.45) is 5.92 Å². The molecule has 12 nitrogen and oxygen atoms in total. The molecule has 0 aliphatic heterocycles. The third-order valence-corrected chi connectivity index (χ3v) is 4.64. The molecule has 7 atom stereocenters. The Balaban J connectivity index is 3.07. The van der Waals surface area contributed by atoms with Crippen molar-refractivity contribution in [3.63, 3.8) is 0 Å². The second-order valence-electron chi connectivity index (χ2n) is 6.46. The molecule has 1 aliphatic carbocycles. The summed E-state index contributed by atoms with van der Waals surface area (Å²) in [5, 5.41) is 72.1. The molecule has 0 heterocycles. The molecule has 1 unspecified atom stereocenters. The maximum atomic E-state index is 11.3.